The molecule has 160 valence electrons. The molecule has 0 aliphatic carbocycles. The first-order chi connectivity index (χ1) is 14.2. The van der Waals surface area contributed by atoms with Gasteiger partial charge in [-0.2, -0.15) is 13.2 Å². The number of hydrogen-bond acceptors (Lipinski definition) is 4. The Bertz CT molecular complexity index is 973. The number of fused-ring (bicyclic) bond motifs is 1. The van der Waals surface area contributed by atoms with Gasteiger partial charge in [0, 0.05) is 42.0 Å². The fraction of sp³-hybridized carbons (Fsp3) is 0.286. The van der Waals surface area contributed by atoms with Gasteiger partial charge in [-0.25, -0.2) is 4.39 Å². The summed E-state index contributed by atoms with van der Waals surface area (Å²) in [5.41, 5.74) is 0.142. The molecule has 1 unspecified atom stereocenters. The van der Waals surface area contributed by atoms with Gasteiger partial charge in [0.15, 0.2) is 0 Å². The second kappa shape index (κ2) is 8.74. The smallest absolute Gasteiger partial charge is 0.383 e. The Kier molecular flexibility index (Phi) is 6.31. The van der Waals surface area contributed by atoms with Gasteiger partial charge in [0.1, 0.15) is 5.82 Å². The van der Waals surface area contributed by atoms with Crippen LogP contribution in [0.25, 0.3) is 5.57 Å². The van der Waals surface area contributed by atoms with E-state index in [-0.39, 0.29) is 29.6 Å². The molecule has 0 spiro atoms. The summed E-state index contributed by atoms with van der Waals surface area (Å²) in [4.78, 5) is 12.1. The molecule has 0 aromatic heterocycles. The van der Waals surface area contributed by atoms with Gasteiger partial charge in [-0.1, -0.05) is 6.92 Å². The quantitative estimate of drug-likeness (QED) is 0.429. The van der Waals surface area contributed by atoms with Crippen molar-refractivity contribution in [3.8, 4) is 0 Å². The molecule has 2 aromatic carbocycles. The normalized spacial score (nSPS) is 15.7. The average molecular weight is 423 g/mol. The number of amides is 1. The third-order valence-corrected chi connectivity index (χ3v) is 4.69. The van der Waals surface area contributed by atoms with Crippen LogP contribution in [0, 0.1) is 5.82 Å². The van der Waals surface area contributed by atoms with Gasteiger partial charge in [-0.15, -0.1) is 0 Å². The van der Waals surface area contributed by atoms with Crippen molar-refractivity contribution in [1.29, 1.82) is 0 Å². The lowest BCUT2D eigenvalue weighted by atomic mass is 10.1. The highest BCUT2D eigenvalue weighted by Crippen LogP contribution is 2.37. The van der Waals surface area contributed by atoms with E-state index in [9.17, 15) is 22.4 Å². The van der Waals surface area contributed by atoms with Crippen molar-refractivity contribution in [2.24, 2.45) is 0 Å². The molecular weight excluding hydrogens is 402 g/mol. The first-order valence-corrected chi connectivity index (χ1v) is 9.27. The fourth-order valence-electron chi connectivity index (χ4n) is 3.14. The van der Waals surface area contributed by atoms with Crippen LogP contribution in [-0.2, 0) is 15.7 Å². The molecule has 2 aromatic rings. The largest absolute Gasteiger partial charge is 0.418 e. The zero-order valence-corrected chi connectivity index (χ0v) is 16.4. The van der Waals surface area contributed by atoms with Gasteiger partial charge in [0.2, 0.25) is 0 Å². The van der Waals surface area contributed by atoms with Crippen LogP contribution in [0.4, 0.5) is 34.6 Å². The van der Waals surface area contributed by atoms with E-state index in [1.807, 2.05) is 6.92 Å². The van der Waals surface area contributed by atoms with Crippen molar-refractivity contribution in [1.82, 2.24) is 0 Å². The van der Waals surface area contributed by atoms with E-state index in [0.717, 1.165) is 6.07 Å². The number of carbonyl (C=O) groups is 1. The molecule has 30 heavy (non-hydrogen) atoms. The molecule has 0 saturated heterocycles. The molecular formula is C21H21F4N3O2. The van der Waals surface area contributed by atoms with E-state index in [0.29, 0.717) is 17.7 Å². The first-order valence-electron chi connectivity index (χ1n) is 9.27. The minimum Gasteiger partial charge on any atom is -0.383 e. The summed E-state index contributed by atoms with van der Waals surface area (Å²) in [6.07, 6.45) is -2.73. The third-order valence-electron chi connectivity index (χ3n) is 4.69. The van der Waals surface area contributed by atoms with Gasteiger partial charge in [-0.3, -0.25) is 4.79 Å². The van der Waals surface area contributed by atoms with Crippen LogP contribution in [0.2, 0.25) is 0 Å². The van der Waals surface area contributed by atoms with Gasteiger partial charge in [-0.05, 0) is 42.8 Å². The third kappa shape index (κ3) is 4.73. The number of benzene rings is 2. The zero-order valence-electron chi connectivity index (χ0n) is 16.4. The van der Waals surface area contributed by atoms with Crippen LogP contribution in [-0.4, -0.2) is 25.7 Å². The number of alkyl halides is 3. The number of halogens is 4. The lowest BCUT2D eigenvalue weighted by molar-refractivity contribution is -0.137. The zero-order chi connectivity index (χ0) is 21.9. The summed E-state index contributed by atoms with van der Waals surface area (Å²) < 4.78 is 59.3. The Morgan fingerprint density at radius 2 is 1.97 bits per heavy atom. The monoisotopic (exact) mass is 423 g/mol. The Morgan fingerprint density at radius 3 is 2.63 bits per heavy atom. The van der Waals surface area contributed by atoms with Crippen molar-refractivity contribution in [3.05, 3.63) is 59.5 Å². The number of hydrogen-bond donors (Lipinski definition) is 3. The minimum absolute atomic E-state index is 0.0596. The summed E-state index contributed by atoms with van der Waals surface area (Å²) in [6, 6.07) is 7.30. The van der Waals surface area contributed by atoms with Crippen LogP contribution in [0.3, 0.4) is 0 Å². The van der Waals surface area contributed by atoms with E-state index in [1.54, 1.807) is 0 Å². The van der Waals surface area contributed by atoms with E-state index < -0.39 is 23.5 Å². The van der Waals surface area contributed by atoms with E-state index in [2.05, 4.69) is 16.0 Å². The highest BCUT2D eigenvalue weighted by atomic mass is 19.4. The minimum atomic E-state index is -4.58. The highest BCUT2D eigenvalue weighted by Gasteiger charge is 2.34. The van der Waals surface area contributed by atoms with Gasteiger partial charge in [0.05, 0.1) is 17.7 Å². The summed E-state index contributed by atoms with van der Waals surface area (Å²) >= 11 is 0. The second-order valence-electron chi connectivity index (χ2n) is 6.81. The molecule has 9 heteroatoms. The summed E-state index contributed by atoms with van der Waals surface area (Å²) in [5.74, 6) is -0.991. The molecule has 1 heterocycles. The van der Waals surface area contributed by atoms with Crippen molar-refractivity contribution in [3.63, 3.8) is 0 Å². The number of ether oxygens (including phenoxy) is 1. The Labute approximate surface area is 171 Å². The second-order valence-corrected chi connectivity index (χ2v) is 6.81. The van der Waals surface area contributed by atoms with Crippen LogP contribution in [0.1, 0.15) is 24.5 Å². The van der Waals surface area contributed by atoms with Crippen LogP contribution < -0.4 is 16.0 Å². The molecule has 5 nitrogen and oxygen atoms in total. The lowest BCUT2D eigenvalue weighted by Gasteiger charge is -2.21. The Hall–Kier alpha value is -3.07. The van der Waals surface area contributed by atoms with Crippen molar-refractivity contribution >= 4 is 28.5 Å². The van der Waals surface area contributed by atoms with E-state index in [4.69, 9.17) is 4.74 Å². The first kappa shape index (κ1) is 21.6. The predicted octanol–water partition coefficient (Wildman–Crippen LogP) is 5.09. The summed E-state index contributed by atoms with van der Waals surface area (Å²) in [6.45, 7) is 2.12. The molecule has 3 rings (SSSR count). The Morgan fingerprint density at radius 1 is 1.20 bits per heavy atom. The SMILES string of the molecule is CCC(COC)Nc1ccc(NC=C2C(=O)Nc3ccc(F)cc32)cc1C(F)(F)F. The maximum atomic E-state index is 13.6. The molecule has 1 aliphatic rings. The topological polar surface area (TPSA) is 62.4 Å². The van der Waals surface area contributed by atoms with Crippen LogP contribution >= 0.6 is 0 Å². The van der Waals surface area contributed by atoms with Crippen LogP contribution in [0.15, 0.2) is 42.6 Å². The maximum absolute atomic E-state index is 13.6. The van der Waals surface area contributed by atoms with Crippen molar-refractivity contribution < 1.29 is 27.1 Å². The van der Waals surface area contributed by atoms with Crippen molar-refractivity contribution in [2.45, 2.75) is 25.6 Å². The van der Waals surface area contributed by atoms with E-state index in [1.165, 1.54) is 43.6 Å². The number of anilines is 3. The fourth-order valence-corrected chi connectivity index (χ4v) is 3.14. The molecule has 3 N–H and O–H groups in total. The standard InChI is InChI=1S/C21H21F4N3O2/c1-3-13(11-30-2)27-19-7-5-14(9-17(19)21(23,24)25)26-10-16-15-8-12(22)4-6-18(15)28-20(16)29/h4-10,13,26-27H,3,11H2,1-2H3,(H,28,29). The molecule has 0 fully saturated rings. The number of nitrogens with one attached hydrogen (secondary N) is 3. The summed E-state index contributed by atoms with van der Waals surface area (Å²) in [5, 5.41) is 8.15. The van der Waals surface area contributed by atoms with Gasteiger partial charge < -0.3 is 20.7 Å². The molecule has 0 bridgehead atoms. The number of carbonyl (C=O) groups excluding carboxylic acids is 1. The van der Waals surface area contributed by atoms with Crippen LogP contribution in [0.5, 0.6) is 0 Å². The lowest BCUT2D eigenvalue weighted by Crippen LogP contribution is -2.25. The molecule has 1 amide bonds. The van der Waals surface area contributed by atoms with Gasteiger partial charge in [0.25, 0.3) is 5.91 Å². The van der Waals surface area contributed by atoms with Crippen molar-refractivity contribution in [2.75, 3.05) is 29.7 Å². The molecule has 1 aliphatic heterocycles. The maximum Gasteiger partial charge on any atom is 0.418 e. The number of rotatable bonds is 7. The molecule has 1 atom stereocenters. The number of methoxy groups -OCH3 is 1. The predicted molar refractivity (Wildman–Crippen MR) is 108 cm³/mol. The summed E-state index contributed by atoms with van der Waals surface area (Å²) in [7, 11) is 1.48. The Balaban J connectivity index is 1.88. The molecule has 0 saturated carbocycles. The highest BCUT2D eigenvalue weighted by molar-refractivity contribution is 6.31. The van der Waals surface area contributed by atoms with E-state index >= 15 is 0 Å². The average Bonchev–Trinajstić information content (AvgIpc) is 3.00. The van der Waals surface area contributed by atoms with Gasteiger partial charge >= 0.3 is 6.18 Å². The molecule has 0 radical (unpaired) electrons.